The van der Waals surface area contributed by atoms with Gasteiger partial charge in [-0.05, 0) is 37.9 Å². The predicted octanol–water partition coefficient (Wildman–Crippen LogP) is 2.41. The molecular formula is C14H23NO2S. The minimum atomic E-state index is -0.477. The molecule has 1 N–H and O–H groups in total. The molecule has 0 radical (unpaired) electrons. The summed E-state index contributed by atoms with van der Waals surface area (Å²) in [5.41, 5.74) is 0.901. The third kappa shape index (κ3) is 4.52. The summed E-state index contributed by atoms with van der Waals surface area (Å²) in [4.78, 5) is 2.18. The summed E-state index contributed by atoms with van der Waals surface area (Å²) in [6.07, 6.45) is 1.62. The fraction of sp³-hybridized carbons (Fsp3) is 0.571. The van der Waals surface area contributed by atoms with Gasteiger partial charge in [0.25, 0.3) is 0 Å². The lowest BCUT2D eigenvalue weighted by Gasteiger charge is -2.26. The Kier molecular flexibility index (Phi) is 6.54. The summed E-state index contributed by atoms with van der Waals surface area (Å²) in [5.74, 6) is 1.85. The van der Waals surface area contributed by atoms with Crippen molar-refractivity contribution in [1.82, 2.24) is 4.90 Å². The van der Waals surface area contributed by atoms with Crippen molar-refractivity contribution in [3.63, 3.8) is 0 Å². The van der Waals surface area contributed by atoms with Crippen LogP contribution >= 0.6 is 11.8 Å². The highest BCUT2D eigenvalue weighted by Crippen LogP contribution is 2.20. The largest absolute Gasteiger partial charge is 0.497 e. The monoisotopic (exact) mass is 269 g/mol. The van der Waals surface area contributed by atoms with Crippen LogP contribution in [0.5, 0.6) is 5.75 Å². The zero-order valence-electron chi connectivity index (χ0n) is 11.6. The quantitative estimate of drug-likeness (QED) is 0.824. The van der Waals surface area contributed by atoms with Gasteiger partial charge in [-0.15, -0.1) is 0 Å². The fourth-order valence-electron chi connectivity index (χ4n) is 1.78. The molecule has 102 valence electrons. The Bertz CT molecular complexity index is 359. The molecule has 2 atom stereocenters. The van der Waals surface area contributed by atoms with E-state index in [1.54, 1.807) is 7.11 Å². The van der Waals surface area contributed by atoms with Gasteiger partial charge in [0.15, 0.2) is 0 Å². The lowest BCUT2D eigenvalue weighted by Crippen LogP contribution is -2.34. The second kappa shape index (κ2) is 7.67. The zero-order valence-corrected chi connectivity index (χ0v) is 12.4. The van der Waals surface area contributed by atoms with Crippen LogP contribution in [0.4, 0.5) is 0 Å². The Morgan fingerprint density at radius 1 is 1.44 bits per heavy atom. The van der Waals surface area contributed by atoms with Crippen LogP contribution in [0.1, 0.15) is 18.6 Å². The Morgan fingerprint density at radius 2 is 2.17 bits per heavy atom. The van der Waals surface area contributed by atoms with E-state index in [-0.39, 0.29) is 0 Å². The standard InChI is InChI=1S/C14H23NO2S/c1-11(10-18-4)15(2)9-14(16)12-6-5-7-13(8-12)17-3/h5-8,11,14,16H,9-10H2,1-4H3. The lowest BCUT2D eigenvalue weighted by atomic mass is 10.1. The van der Waals surface area contributed by atoms with E-state index in [0.29, 0.717) is 12.6 Å². The molecular weight excluding hydrogens is 246 g/mol. The third-order valence-corrected chi connectivity index (χ3v) is 3.92. The van der Waals surface area contributed by atoms with Gasteiger partial charge >= 0.3 is 0 Å². The summed E-state index contributed by atoms with van der Waals surface area (Å²) in [6, 6.07) is 8.07. The van der Waals surface area contributed by atoms with Crippen LogP contribution in [0.25, 0.3) is 0 Å². The molecule has 0 saturated heterocycles. The van der Waals surface area contributed by atoms with Crippen molar-refractivity contribution < 1.29 is 9.84 Å². The first kappa shape index (κ1) is 15.3. The smallest absolute Gasteiger partial charge is 0.119 e. The summed E-state index contributed by atoms with van der Waals surface area (Å²) in [6.45, 7) is 2.81. The molecule has 0 saturated carbocycles. The number of thioether (sulfide) groups is 1. The molecule has 4 heteroatoms. The van der Waals surface area contributed by atoms with Gasteiger partial charge in [-0.1, -0.05) is 12.1 Å². The van der Waals surface area contributed by atoms with Gasteiger partial charge in [0, 0.05) is 18.3 Å². The van der Waals surface area contributed by atoms with Crippen molar-refractivity contribution >= 4 is 11.8 Å². The van der Waals surface area contributed by atoms with Crippen molar-refractivity contribution in [2.45, 2.75) is 19.1 Å². The average molecular weight is 269 g/mol. The van der Waals surface area contributed by atoms with Gasteiger partial charge < -0.3 is 9.84 Å². The number of rotatable bonds is 7. The summed E-state index contributed by atoms with van der Waals surface area (Å²) in [5, 5.41) is 10.2. The number of aliphatic hydroxyl groups is 1. The Morgan fingerprint density at radius 3 is 2.78 bits per heavy atom. The number of methoxy groups -OCH3 is 1. The molecule has 0 bridgehead atoms. The molecule has 0 aromatic heterocycles. The molecule has 0 amide bonds. The highest BCUT2D eigenvalue weighted by molar-refractivity contribution is 7.98. The average Bonchev–Trinajstić information content (AvgIpc) is 2.39. The highest BCUT2D eigenvalue weighted by Gasteiger charge is 2.15. The van der Waals surface area contributed by atoms with Crippen LogP contribution < -0.4 is 4.74 Å². The van der Waals surface area contributed by atoms with Crippen molar-refractivity contribution in [3.8, 4) is 5.75 Å². The fourth-order valence-corrected chi connectivity index (χ4v) is 2.51. The van der Waals surface area contributed by atoms with Crippen LogP contribution in [0.3, 0.4) is 0 Å². The second-order valence-corrected chi connectivity index (χ2v) is 5.45. The van der Waals surface area contributed by atoms with Gasteiger partial charge in [-0.2, -0.15) is 11.8 Å². The maximum atomic E-state index is 10.2. The minimum Gasteiger partial charge on any atom is -0.497 e. The molecule has 1 aromatic rings. The molecule has 0 aliphatic rings. The summed E-state index contributed by atoms with van der Waals surface area (Å²) in [7, 11) is 3.68. The van der Waals surface area contributed by atoms with Gasteiger partial charge in [0.2, 0.25) is 0 Å². The number of aliphatic hydroxyl groups excluding tert-OH is 1. The minimum absolute atomic E-state index is 0.459. The third-order valence-electron chi connectivity index (χ3n) is 3.10. The van der Waals surface area contributed by atoms with E-state index in [9.17, 15) is 5.11 Å². The molecule has 1 aromatic carbocycles. The Labute approximate surface area is 114 Å². The van der Waals surface area contributed by atoms with Crippen molar-refractivity contribution in [2.75, 3.05) is 32.7 Å². The maximum Gasteiger partial charge on any atom is 0.119 e. The van der Waals surface area contributed by atoms with Crippen LogP contribution in [-0.2, 0) is 0 Å². The number of nitrogens with zero attached hydrogens (tertiary/aromatic N) is 1. The van der Waals surface area contributed by atoms with Crippen molar-refractivity contribution in [3.05, 3.63) is 29.8 Å². The topological polar surface area (TPSA) is 32.7 Å². The van der Waals surface area contributed by atoms with Crippen LogP contribution in [0, 0.1) is 0 Å². The van der Waals surface area contributed by atoms with Gasteiger partial charge in [-0.25, -0.2) is 0 Å². The summed E-state index contributed by atoms with van der Waals surface area (Å²) >= 11 is 1.82. The molecule has 0 aliphatic carbocycles. The van der Waals surface area contributed by atoms with Crippen LogP contribution in [0.15, 0.2) is 24.3 Å². The molecule has 1 rings (SSSR count). The first-order chi connectivity index (χ1) is 8.58. The number of ether oxygens (including phenoxy) is 1. The van der Waals surface area contributed by atoms with Gasteiger partial charge in [0.1, 0.15) is 5.75 Å². The molecule has 18 heavy (non-hydrogen) atoms. The van der Waals surface area contributed by atoms with Gasteiger partial charge in [0.05, 0.1) is 13.2 Å². The molecule has 0 heterocycles. The van der Waals surface area contributed by atoms with E-state index in [2.05, 4.69) is 18.1 Å². The number of likely N-dealkylation sites (N-methyl/N-ethyl adjacent to an activating group) is 1. The number of hydrogen-bond donors (Lipinski definition) is 1. The highest BCUT2D eigenvalue weighted by atomic mass is 32.2. The lowest BCUT2D eigenvalue weighted by molar-refractivity contribution is 0.113. The van der Waals surface area contributed by atoms with Crippen LogP contribution in [0.2, 0.25) is 0 Å². The van der Waals surface area contributed by atoms with E-state index >= 15 is 0 Å². The van der Waals surface area contributed by atoms with E-state index in [1.807, 2.05) is 43.1 Å². The Hall–Kier alpha value is -0.710. The van der Waals surface area contributed by atoms with E-state index in [4.69, 9.17) is 4.74 Å². The Balaban J connectivity index is 2.60. The molecule has 3 nitrogen and oxygen atoms in total. The molecule has 0 aliphatic heterocycles. The maximum absolute atomic E-state index is 10.2. The van der Waals surface area contributed by atoms with E-state index in [1.165, 1.54) is 0 Å². The zero-order chi connectivity index (χ0) is 13.5. The van der Waals surface area contributed by atoms with E-state index < -0.39 is 6.10 Å². The predicted molar refractivity (Wildman–Crippen MR) is 78.4 cm³/mol. The molecule has 0 fully saturated rings. The van der Waals surface area contributed by atoms with Gasteiger partial charge in [-0.3, -0.25) is 4.90 Å². The SMILES string of the molecule is COc1cccc(C(O)CN(C)C(C)CSC)c1. The van der Waals surface area contributed by atoms with E-state index in [0.717, 1.165) is 17.1 Å². The normalized spacial score (nSPS) is 14.6. The van der Waals surface area contributed by atoms with Crippen LogP contribution in [-0.4, -0.2) is 48.8 Å². The second-order valence-electron chi connectivity index (χ2n) is 4.54. The number of benzene rings is 1. The first-order valence-corrected chi connectivity index (χ1v) is 7.49. The number of hydrogen-bond acceptors (Lipinski definition) is 4. The first-order valence-electron chi connectivity index (χ1n) is 6.09. The summed E-state index contributed by atoms with van der Waals surface area (Å²) < 4.78 is 5.17. The van der Waals surface area contributed by atoms with Crippen molar-refractivity contribution in [1.29, 1.82) is 0 Å². The molecule has 2 unspecified atom stereocenters. The van der Waals surface area contributed by atoms with Crippen molar-refractivity contribution in [2.24, 2.45) is 0 Å². The molecule has 0 spiro atoms.